The SMILES string of the molecule is C/C(=C\C(C)(C)CC(C)C)C(N)=O. The predicted octanol–water partition coefficient (Wildman–Crippen LogP) is 2.49. The van der Waals surface area contributed by atoms with Gasteiger partial charge in [-0.05, 0) is 24.7 Å². The highest BCUT2D eigenvalue weighted by Gasteiger charge is 2.17. The summed E-state index contributed by atoms with van der Waals surface area (Å²) in [5, 5.41) is 0. The molecule has 1 amide bonds. The van der Waals surface area contributed by atoms with E-state index in [9.17, 15) is 4.79 Å². The summed E-state index contributed by atoms with van der Waals surface area (Å²) in [6.07, 6.45) is 3.03. The fraction of sp³-hybridized carbons (Fsp3) is 0.727. The molecular weight excluding hydrogens is 162 g/mol. The Kier molecular flexibility index (Phi) is 4.18. The fourth-order valence-electron chi connectivity index (χ4n) is 1.77. The summed E-state index contributed by atoms with van der Waals surface area (Å²) < 4.78 is 0. The van der Waals surface area contributed by atoms with E-state index in [0.717, 1.165) is 6.42 Å². The molecule has 0 atom stereocenters. The Labute approximate surface area is 81.2 Å². The van der Waals surface area contributed by atoms with Crippen LogP contribution in [0.2, 0.25) is 0 Å². The van der Waals surface area contributed by atoms with Crippen LogP contribution in [-0.4, -0.2) is 5.91 Å². The lowest BCUT2D eigenvalue weighted by Gasteiger charge is -2.23. The molecule has 0 aromatic carbocycles. The third-order valence-electron chi connectivity index (χ3n) is 1.93. The summed E-state index contributed by atoms with van der Waals surface area (Å²) in [4.78, 5) is 10.8. The van der Waals surface area contributed by atoms with Gasteiger partial charge >= 0.3 is 0 Å². The van der Waals surface area contributed by atoms with E-state index in [0.29, 0.717) is 11.5 Å². The maximum Gasteiger partial charge on any atom is 0.244 e. The van der Waals surface area contributed by atoms with Crippen molar-refractivity contribution >= 4 is 5.91 Å². The lowest BCUT2D eigenvalue weighted by atomic mass is 9.82. The van der Waals surface area contributed by atoms with E-state index in [1.165, 1.54) is 0 Å². The van der Waals surface area contributed by atoms with Crippen LogP contribution in [0.4, 0.5) is 0 Å². The lowest BCUT2D eigenvalue weighted by Crippen LogP contribution is -2.17. The van der Waals surface area contributed by atoms with E-state index >= 15 is 0 Å². The molecule has 0 bridgehead atoms. The van der Waals surface area contributed by atoms with Crippen LogP contribution in [0, 0.1) is 11.3 Å². The van der Waals surface area contributed by atoms with Gasteiger partial charge in [-0.25, -0.2) is 0 Å². The molecule has 0 aliphatic carbocycles. The molecule has 2 N–H and O–H groups in total. The molecule has 0 fully saturated rings. The Morgan fingerprint density at radius 3 is 2.23 bits per heavy atom. The van der Waals surface area contributed by atoms with Crippen LogP contribution in [0.15, 0.2) is 11.6 Å². The molecule has 0 saturated heterocycles. The van der Waals surface area contributed by atoms with Crippen LogP contribution in [0.25, 0.3) is 0 Å². The molecule has 0 radical (unpaired) electrons. The minimum Gasteiger partial charge on any atom is -0.366 e. The molecule has 13 heavy (non-hydrogen) atoms. The maximum atomic E-state index is 10.8. The molecule has 0 aromatic rings. The number of rotatable bonds is 4. The molecule has 0 rings (SSSR count). The van der Waals surface area contributed by atoms with Crippen LogP contribution in [-0.2, 0) is 4.79 Å². The standard InChI is InChI=1S/C11H21NO/c1-8(2)6-11(4,5)7-9(3)10(12)13/h7-8H,6H2,1-5H3,(H2,12,13)/b9-7+. The van der Waals surface area contributed by atoms with E-state index in [1.807, 2.05) is 6.08 Å². The summed E-state index contributed by atoms with van der Waals surface area (Å²) in [6.45, 7) is 10.4. The third-order valence-corrected chi connectivity index (χ3v) is 1.93. The third kappa shape index (κ3) is 5.45. The van der Waals surface area contributed by atoms with E-state index in [-0.39, 0.29) is 11.3 Å². The second kappa shape index (κ2) is 4.45. The van der Waals surface area contributed by atoms with Crippen molar-refractivity contribution in [1.29, 1.82) is 0 Å². The van der Waals surface area contributed by atoms with Crippen LogP contribution < -0.4 is 5.73 Å². The van der Waals surface area contributed by atoms with Gasteiger partial charge in [0.25, 0.3) is 0 Å². The van der Waals surface area contributed by atoms with E-state index in [2.05, 4.69) is 27.7 Å². The van der Waals surface area contributed by atoms with E-state index in [1.54, 1.807) is 6.92 Å². The van der Waals surface area contributed by atoms with Crippen molar-refractivity contribution < 1.29 is 4.79 Å². The average Bonchev–Trinajstić information content (AvgIpc) is 1.81. The van der Waals surface area contributed by atoms with Gasteiger partial charge in [0.05, 0.1) is 0 Å². The molecule has 0 aliphatic heterocycles. The molecule has 2 heteroatoms. The number of nitrogens with two attached hydrogens (primary N) is 1. The summed E-state index contributed by atoms with van der Waals surface area (Å²) in [5.41, 5.74) is 5.89. The second-order valence-corrected chi connectivity index (χ2v) is 4.78. The number of hydrogen-bond acceptors (Lipinski definition) is 1. The summed E-state index contributed by atoms with van der Waals surface area (Å²) in [5.74, 6) is 0.309. The topological polar surface area (TPSA) is 43.1 Å². The van der Waals surface area contributed by atoms with Gasteiger partial charge < -0.3 is 5.73 Å². The van der Waals surface area contributed by atoms with Crippen molar-refractivity contribution in [2.45, 2.75) is 41.0 Å². The van der Waals surface area contributed by atoms with Crippen molar-refractivity contribution in [3.63, 3.8) is 0 Å². The van der Waals surface area contributed by atoms with Gasteiger partial charge in [-0.15, -0.1) is 0 Å². The molecule has 0 aliphatic rings. The van der Waals surface area contributed by atoms with Crippen molar-refractivity contribution in [3.05, 3.63) is 11.6 Å². The van der Waals surface area contributed by atoms with Gasteiger partial charge in [0.15, 0.2) is 0 Å². The Bertz CT molecular complexity index is 214. The number of primary amides is 1. The van der Waals surface area contributed by atoms with Gasteiger partial charge in [-0.1, -0.05) is 33.8 Å². The zero-order valence-electron chi connectivity index (χ0n) is 9.35. The smallest absolute Gasteiger partial charge is 0.244 e. The van der Waals surface area contributed by atoms with Crippen LogP contribution >= 0.6 is 0 Å². The molecule has 0 heterocycles. The van der Waals surface area contributed by atoms with Crippen LogP contribution in [0.3, 0.4) is 0 Å². The zero-order valence-corrected chi connectivity index (χ0v) is 9.35. The highest BCUT2D eigenvalue weighted by atomic mass is 16.1. The van der Waals surface area contributed by atoms with Crippen LogP contribution in [0.5, 0.6) is 0 Å². The number of allylic oxidation sites excluding steroid dienone is 1. The van der Waals surface area contributed by atoms with Gasteiger partial charge in [0.1, 0.15) is 0 Å². The monoisotopic (exact) mass is 183 g/mol. The van der Waals surface area contributed by atoms with Crippen LogP contribution in [0.1, 0.15) is 41.0 Å². The largest absolute Gasteiger partial charge is 0.366 e. The number of carbonyl (C=O) groups excluding carboxylic acids is 1. The Morgan fingerprint density at radius 2 is 1.92 bits per heavy atom. The van der Waals surface area contributed by atoms with Gasteiger partial charge in [-0.2, -0.15) is 0 Å². The van der Waals surface area contributed by atoms with Crippen molar-refractivity contribution in [3.8, 4) is 0 Å². The average molecular weight is 183 g/mol. The fourth-order valence-corrected chi connectivity index (χ4v) is 1.77. The first kappa shape index (κ1) is 12.2. The summed E-state index contributed by atoms with van der Waals surface area (Å²) in [7, 11) is 0. The van der Waals surface area contributed by atoms with Gasteiger partial charge in [0.2, 0.25) is 5.91 Å². The number of carbonyl (C=O) groups is 1. The first-order valence-electron chi connectivity index (χ1n) is 4.74. The molecule has 2 nitrogen and oxygen atoms in total. The zero-order chi connectivity index (χ0) is 10.6. The lowest BCUT2D eigenvalue weighted by molar-refractivity contribution is -0.114. The number of amides is 1. The van der Waals surface area contributed by atoms with E-state index in [4.69, 9.17) is 5.73 Å². The summed E-state index contributed by atoms with van der Waals surface area (Å²) >= 11 is 0. The van der Waals surface area contributed by atoms with Crippen molar-refractivity contribution in [1.82, 2.24) is 0 Å². The molecule has 0 unspecified atom stereocenters. The van der Waals surface area contributed by atoms with Crippen molar-refractivity contribution in [2.75, 3.05) is 0 Å². The molecule has 0 aromatic heterocycles. The quantitative estimate of drug-likeness (QED) is 0.668. The predicted molar refractivity (Wildman–Crippen MR) is 56.2 cm³/mol. The highest BCUT2D eigenvalue weighted by Crippen LogP contribution is 2.27. The van der Waals surface area contributed by atoms with Gasteiger partial charge in [-0.3, -0.25) is 4.79 Å². The maximum absolute atomic E-state index is 10.8. The normalized spacial score (nSPS) is 13.5. The first-order chi connectivity index (χ1) is 5.74. The molecule has 76 valence electrons. The molecule has 0 spiro atoms. The van der Waals surface area contributed by atoms with Crippen molar-refractivity contribution in [2.24, 2.45) is 17.1 Å². The van der Waals surface area contributed by atoms with Gasteiger partial charge in [0, 0.05) is 5.57 Å². The Balaban J connectivity index is 4.47. The minimum absolute atomic E-state index is 0.0628. The summed E-state index contributed by atoms with van der Waals surface area (Å²) in [6, 6.07) is 0. The highest BCUT2D eigenvalue weighted by molar-refractivity contribution is 5.91. The van der Waals surface area contributed by atoms with E-state index < -0.39 is 0 Å². The Morgan fingerprint density at radius 1 is 1.46 bits per heavy atom. The molecule has 0 saturated carbocycles. The second-order valence-electron chi connectivity index (χ2n) is 4.78. The minimum atomic E-state index is -0.322. The first-order valence-corrected chi connectivity index (χ1v) is 4.74. The number of hydrogen-bond donors (Lipinski definition) is 1. The Hall–Kier alpha value is -0.790. The molecular formula is C11H21NO.